The minimum atomic E-state index is -0.690. The molecule has 0 saturated heterocycles. The number of esters is 1. The largest absolute Gasteiger partial charge is 0.490 e. The first-order valence-electron chi connectivity index (χ1n) is 12.3. The molecule has 12 heteroatoms. The van der Waals surface area contributed by atoms with Gasteiger partial charge in [-0.1, -0.05) is 64.7 Å². The van der Waals surface area contributed by atoms with E-state index >= 15 is 0 Å². The molecule has 0 spiro atoms. The number of halogens is 3. The highest BCUT2D eigenvalue weighted by molar-refractivity contribution is 9.10. The highest BCUT2D eigenvalue weighted by Gasteiger charge is 2.36. The van der Waals surface area contributed by atoms with Crippen molar-refractivity contribution < 1.29 is 19.0 Å². The number of nitrogens with one attached hydrogen (secondary N) is 1. The number of hydrogen-bond donors (Lipinski definition) is 1. The maximum absolute atomic E-state index is 13.5. The summed E-state index contributed by atoms with van der Waals surface area (Å²) >= 11 is 16.0. The van der Waals surface area contributed by atoms with E-state index in [-0.39, 0.29) is 13.2 Å². The smallest absolute Gasteiger partial charge is 0.338 e. The van der Waals surface area contributed by atoms with Crippen LogP contribution < -0.4 is 14.8 Å². The average Bonchev–Trinajstić information content (AvgIpc) is 3.40. The number of aromatic nitrogens is 4. The number of hydrogen-bond acceptors (Lipinski definition) is 8. The van der Waals surface area contributed by atoms with Gasteiger partial charge in [-0.3, -0.25) is 0 Å². The van der Waals surface area contributed by atoms with Gasteiger partial charge in [0.25, 0.3) is 0 Å². The number of carbonyl (C=O) groups is 1. The summed E-state index contributed by atoms with van der Waals surface area (Å²) in [5.74, 6) is 0.858. The maximum Gasteiger partial charge on any atom is 0.338 e. The molecule has 1 aliphatic rings. The van der Waals surface area contributed by atoms with E-state index in [4.69, 9.17) is 37.4 Å². The molecule has 1 atom stereocenters. The first-order chi connectivity index (χ1) is 19.4. The van der Waals surface area contributed by atoms with Gasteiger partial charge in [-0.15, -0.1) is 0 Å². The van der Waals surface area contributed by atoms with Gasteiger partial charge in [0.05, 0.1) is 16.7 Å². The molecule has 0 saturated carbocycles. The van der Waals surface area contributed by atoms with Crippen molar-refractivity contribution in [3.63, 3.8) is 0 Å². The van der Waals surface area contributed by atoms with Crippen molar-refractivity contribution >= 4 is 51.0 Å². The van der Waals surface area contributed by atoms with Gasteiger partial charge in [-0.25, -0.2) is 4.79 Å². The van der Waals surface area contributed by atoms with Crippen LogP contribution in [0.4, 0.5) is 5.95 Å². The van der Waals surface area contributed by atoms with Gasteiger partial charge >= 0.3 is 5.97 Å². The van der Waals surface area contributed by atoms with Crippen LogP contribution in [0.5, 0.6) is 11.5 Å². The lowest BCUT2D eigenvalue weighted by atomic mass is 9.95. The van der Waals surface area contributed by atoms with Crippen LogP contribution in [-0.4, -0.2) is 32.8 Å². The monoisotopic (exact) mass is 643 g/mol. The molecule has 4 aromatic rings. The number of benzene rings is 3. The Hall–Kier alpha value is -3.60. The van der Waals surface area contributed by atoms with Crippen LogP contribution in [0.2, 0.25) is 10.0 Å². The van der Waals surface area contributed by atoms with Crippen LogP contribution in [0.25, 0.3) is 0 Å². The third kappa shape index (κ3) is 5.94. The molecule has 9 nitrogen and oxygen atoms in total. The summed E-state index contributed by atoms with van der Waals surface area (Å²) in [6.45, 7) is 4.36. The van der Waals surface area contributed by atoms with Crippen LogP contribution in [0, 0.1) is 0 Å². The average molecular weight is 645 g/mol. The predicted octanol–water partition coefficient (Wildman–Crippen LogP) is 6.75. The molecule has 0 radical (unpaired) electrons. The second kappa shape index (κ2) is 12.3. The van der Waals surface area contributed by atoms with E-state index in [1.54, 1.807) is 19.1 Å². The molecule has 0 amide bonds. The van der Waals surface area contributed by atoms with Crippen molar-refractivity contribution in [2.45, 2.75) is 33.1 Å². The van der Waals surface area contributed by atoms with Crippen LogP contribution in [0.15, 0.2) is 76.4 Å². The van der Waals surface area contributed by atoms with E-state index in [1.807, 2.05) is 55.5 Å². The Kier molecular flexibility index (Phi) is 8.58. The number of allylic oxidation sites excluding steroid dienone is 1. The van der Waals surface area contributed by atoms with E-state index < -0.39 is 12.0 Å². The fraction of sp³-hybridized carbons (Fsp3) is 0.214. The summed E-state index contributed by atoms with van der Waals surface area (Å²) in [4.78, 5) is 13.5. The quantitative estimate of drug-likeness (QED) is 0.200. The van der Waals surface area contributed by atoms with E-state index in [0.717, 1.165) is 11.1 Å². The van der Waals surface area contributed by atoms with Gasteiger partial charge in [-0.2, -0.15) is 4.68 Å². The molecule has 206 valence electrons. The van der Waals surface area contributed by atoms with Crippen LogP contribution in [0.3, 0.4) is 0 Å². The van der Waals surface area contributed by atoms with Crippen molar-refractivity contribution in [2.24, 2.45) is 0 Å². The zero-order chi connectivity index (χ0) is 28.2. The summed E-state index contributed by atoms with van der Waals surface area (Å²) in [6, 6.07) is 17.7. The van der Waals surface area contributed by atoms with Gasteiger partial charge in [-0.05, 0) is 75.6 Å². The van der Waals surface area contributed by atoms with Gasteiger partial charge < -0.3 is 19.5 Å². The first-order valence-corrected chi connectivity index (χ1v) is 13.9. The van der Waals surface area contributed by atoms with E-state index in [2.05, 4.69) is 36.8 Å². The number of anilines is 1. The number of rotatable bonds is 9. The minimum Gasteiger partial charge on any atom is -0.490 e. The Bertz CT molecular complexity index is 1580. The summed E-state index contributed by atoms with van der Waals surface area (Å²) in [5.41, 5.74) is 3.28. The van der Waals surface area contributed by atoms with Crippen molar-refractivity contribution in [3.05, 3.63) is 103 Å². The van der Waals surface area contributed by atoms with Gasteiger partial charge in [0, 0.05) is 21.3 Å². The number of fused-ring (bicyclic) bond motifs is 1. The lowest BCUT2D eigenvalue weighted by Gasteiger charge is -2.28. The first kappa shape index (κ1) is 27.9. The zero-order valence-electron chi connectivity index (χ0n) is 21.5. The molecule has 1 aliphatic heterocycles. The Labute approximate surface area is 249 Å². The molecule has 40 heavy (non-hydrogen) atoms. The fourth-order valence-electron chi connectivity index (χ4n) is 4.32. The Morgan fingerprint density at radius 3 is 2.62 bits per heavy atom. The van der Waals surface area contributed by atoms with E-state index in [0.29, 0.717) is 55.4 Å². The molecular formula is C28H24BrCl2N5O4. The topological polar surface area (TPSA) is 100 Å². The standard InChI is InChI=1S/C28H24BrCl2N5O4/c1-3-38-23-12-19(11-21(29)26(23)39-15-18-9-10-20(30)13-22(18)31)25-24(16(2)32-28-33-34-35-36(25)28)27(37)40-14-17-7-5-4-6-8-17/h4-13,25H,3,14-15H2,1-2H3,(H,32,33,35). The van der Waals surface area contributed by atoms with Crippen molar-refractivity contribution in [3.8, 4) is 11.5 Å². The van der Waals surface area contributed by atoms with E-state index in [1.165, 1.54) is 4.68 Å². The van der Waals surface area contributed by atoms with Crippen molar-refractivity contribution in [2.75, 3.05) is 11.9 Å². The number of carbonyl (C=O) groups excluding carboxylic acids is 1. The summed E-state index contributed by atoms with van der Waals surface area (Å²) < 4.78 is 20.0. The lowest BCUT2D eigenvalue weighted by Crippen LogP contribution is -2.29. The molecule has 3 aromatic carbocycles. The number of tetrazole rings is 1. The van der Waals surface area contributed by atoms with Crippen LogP contribution >= 0.6 is 39.1 Å². The number of nitrogens with zero attached hydrogens (tertiary/aromatic N) is 4. The van der Waals surface area contributed by atoms with Crippen LogP contribution in [-0.2, 0) is 22.7 Å². The summed E-state index contributed by atoms with van der Waals surface area (Å²) in [7, 11) is 0. The Balaban J connectivity index is 1.49. The molecule has 1 unspecified atom stereocenters. The van der Waals surface area contributed by atoms with Gasteiger partial charge in [0.1, 0.15) is 19.3 Å². The summed E-state index contributed by atoms with van der Waals surface area (Å²) in [6.07, 6.45) is 0. The molecule has 0 aliphatic carbocycles. The third-order valence-corrected chi connectivity index (χ3v) is 7.36. The van der Waals surface area contributed by atoms with Crippen molar-refractivity contribution in [1.82, 2.24) is 20.2 Å². The molecule has 1 aromatic heterocycles. The molecule has 0 bridgehead atoms. The Morgan fingerprint density at radius 2 is 1.88 bits per heavy atom. The fourth-order valence-corrected chi connectivity index (χ4v) is 5.36. The highest BCUT2D eigenvalue weighted by Crippen LogP contribution is 2.43. The van der Waals surface area contributed by atoms with Gasteiger partial charge in [0.2, 0.25) is 5.95 Å². The second-order valence-corrected chi connectivity index (χ2v) is 10.6. The van der Waals surface area contributed by atoms with Gasteiger partial charge in [0.15, 0.2) is 11.5 Å². The second-order valence-electron chi connectivity index (χ2n) is 8.86. The minimum absolute atomic E-state index is 0.125. The third-order valence-electron chi connectivity index (χ3n) is 6.18. The Morgan fingerprint density at radius 1 is 1.07 bits per heavy atom. The molecule has 0 fully saturated rings. The molecule has 5 rings (SSSR count). The van der Waals surface area contributed by atoms with Crippen LogP contribution in [0.1, 0.15) is 36.6 Å². The zero-order valence-corrected chi connectivity index (χ0v) is 24.6. The maximum atomic E-state index is 13.5. The summed E-state index contributed by atoms with van der Waals surface area (Å²) in [5, 5.41) is 16.2. The number of ether oxygens (including phenoxy) is 3. The lowest BCUT2D eigenvalue weighted by molar-refractivity contribution is -0.140. The SMILES string of the molecule is CCOc1cc(C2C(C(=O)OCc3ccccc3)=C(C)Nc3nnnn32)cc(Br)c1OCc1ccc(Cl)cc1Cl. The highest BCUT2D eigenvalue weighted by atomic mass is 79.9. The molecule has 2 heterocycles. The van der Waals surface area contributed by atoms with E-state index in [9.17, 15) is 4.79 Å². The normalized spacial score (nSPS) is 14.4. The predicted molar refractivity (Wildman–Crippen MR) is 155 cm³/mol. The van der Waals surface area contributed by atoms with Crippen molar-refractivity contribution in [1.29, 1.82) is 0 Å². The molecule has 1 N–H and O–H groups in total. The molecular weight excluding hydrogens is 621 g/mol.